The largest absolute Gasteiger partial charge is 0.279 e. The van der Waals surface area contributed by atoms with E-state index in [2.05, 4.69) is 4.72 Å². The van der Waals surface area contributed by atoms with Crippen molar-refractivity contribution in [2.24, 2.45) is 0 Å². The summed E-state index contributed by atoms with van der Waals surface area (Å²) in [4.78, 5) is -0.0456. The fourth-order valence-corrected chi connectivity index (χ4v) is 5.82. The smallest absolute Gasteiger partial charge is 0.262 e. The molecule has 0 radical (unpaired) electrons. The molecule has 0 aliphatic heterocycles. The van der Waals surface area contributed by atoms with Gasteiger partial charge in [0, 0.05) is 13.1 Å². The Bertz CT molecular complexity index is 1090. The molecule has 1 N–H and O–H groups in total. The molecule has 0 saturated carbocycles. The second kappa shape index (κ2) is 8.18. The van der Waals surface area contributed by atoms with Crippen molar-refractivity contribution in [1.29, 1.82) is 0 Å². The molecular weight excluding hydrogens is 403 g/mol. The Morgan fingerprint density at radius 3 is 2.07 bits per heavy atom. The van der Waals surface area contributed by atoms with Crippen LogP contribution in [0.1, 0.15) is 30.5 Å². The van der Waals surface area contributed by atoms with Gasteiger partial charge >= 0.3 is 0 Å². The van der Waals surface area contributed by atoms with E-state index in [1.165, 1.54) is 29.4 Å². The third-order valence-corrected chi connectivity index (χ3v) is 8.21. The Balaban J connectivity index is 2.56. The highest BCUT2D eigenvalue weighted by molar-refractivity contribution is 7.92. The number of halogens is 1. The highest BCUT2D eigenvalue weighted by atomic mass is 32.2. The predicted octanol–water partition coefficient (Wildman–Crippen LogP) is 3.58. The lowest BCUT2D eigenvalue weighted by molar-refractivity contribution is 0.445. The van der Waals surface area contributed by atoms with Gasteiger partial charge in [0.1, 0.15) is 5.82 Å². The number of hydrogen-bond acceptors (Lipinski definition) is 4. The van der Waals surface area contributed by atoms with Crippen LogP contribution in [0.15, 0.2) is 40.1 Å². The van der Waals surface area contributed by atoms with E-state index in [0.29, 0.717) is 24.2 Å². The Morgan fingerprint density at radius 1 is 0.929 bits per heavy atom. The summed E-state index contributed by atoms with van der Waals surface area (Å²) in [5.41, 5.74) is 1.69. The molecule has 0 unspecified atom stereocenters. The lowest BCUT2D eigenvalue weighted by Crippen LogP contribution is -2.30. The Hall–Kier alpha value is -1.97. The summed E-state index contributed by atoms with van der Waals surface area (Å²) in [6, 6.07) is 6.25. The van der Waals surface area contributed by atoms with Gasteiger partial charge < -0.3 is 0 Å². The van der Waals surface area contributed by atoms with Crippen LogP contribution in [-0.4, -0.2) is 34.2 Å². The summed E-state index contributed by atoms with van der Waals surface area (Å²) in [6.07, 6.45) is 0. The maximum atomic E-state index is 13.3. The van der Waals surface area contributed by atoms with Crippen LogP contribution in [0.5, 0.6) is 0 Å². The first-order valence-corrected chi connectivity index (χ1v) is 11.8. The quantitative estimate of drug-likeness (QED) is 0.731. The molecule has 0 bridgehead atoms. The average molecular weight is 429 g/mol. The van der Waals surface area contributed by atoms with Gasteiger partial charge in [-0.15, -0.1) is 0 Å². The van der Waals surface area contributed by atoms with Crippen LogP contribution in [0, 0.1) is 26.6 Å². The first kappa shape index (κ1) is 22.3. The molecule has 2 rings (SSSR count). The number of nitrogens with one attached hydrogen (secondary N) is 1. The monoisotopic (exact) mass is 428 g/mol. The van der Waals surface area contributed by atoms with Gasteiger partial charge in [0.25, 0.3) is 10.0 Å². The Morgan fingerprint density at radius 2 is 1.54 bits per heavy atom. The molecule has 2 aromatic rings. The average Bonchev–Trinajstić information content (AvgIpc) is 2.58. The van der Waals surface area contributed by atoms with E-state index in [0.717, 1.165) is 12.1 Å². The maximum Gasteiger partial charge on any atom is 0.262 e. The van der Waals surface area contributed by atoms with Crippen molar-refractivity contribution in [2.45, 2.75) is 44.4 Å². The van der Waals surface area contributed by atoms with Crippen molar-refractivity contribution < 1.29 is 21.2 Å². The van der Waals surface area contributed by atoms with Gasteiger partial charge in [0.15, 0.2) is 0 Å². The van der Waals surface area contributed by atoms with Crippen LogP contribution in [-0.2, 0) is 20.0 Å². The van der Waals surface area contributed by atoms with Crippen LogP contribution in [0.25, 0.3) is 0 Å². The van der Waals surface area contributed by atoms with Crippen molar-refractivity contribution in [3.8, 4) is 0 Å². The van der Waals surface area contributed by atoms with Crippen molar-refractivity contribution in [3.63, 3.8) is 0 Å². The van der Waals surface area contributed by atoms with E-state index in [1.807, 2.05) is 0 Å². The highest BCUT2D eigenvalue weighted by Crippen LogP contribution is 2.29. The van der Waals surface area contributed by atoms with Crippen LogP contribution < -0.4 is 4.72 Å². The van der Waals surface area contributed by atoms with Crippen LogP contribution in [0.2, 0.25) is 0 Å². The molecule has 0 aliphatic rings. The van der Waals surface area contributed by atoms with Gasteiger partial charge in [-0.25, -0.2) is 21.2 Å². The summed E-state index contributed by atoms with van der Waals surface area (Å²) in [5, 5.41) is 0. The van der Waals surface area contributed by atoms with E-state index in [9.17, 15) is 21.2 Å². The highest BCUT2D eigenvalue weighted by Gasteiger charge is 2.25. The summed E-state index contributed by atoms with van der Waals surface area (Å²) in [7, 11) is -7.77. The van der Waals surface area contributed by atoms with Crippen LogP contribution in [0.3, 0.4) is 0 Å². The maximum absolute atomic E-state index is 13.3. The number of sulfonamides is 2. The third kappa shape index (κ3) is 4.37. The second-order valence-corrected chi connectivity index (χ2v) is 10.1. The van der Waals surface area contributed by atoms with Gasteiger partial charge in [0.2, 0.25) is 10.0 Å². The summed E-state index contributed by atoms with van der Waals surface area (Å²) >= 11 is 0. The number of aryl methyl sites for hydroxylation is 2. The lowest BCUT2D eigenvalue weighted by Gasteiger charge is -2.21. The molecule has 2 aromatic carbocycles. The molecule has 0 fully saturated rings. The SMILES string of the molecule is CCN(CC)S(=O)(=O)c1cc(C)c(C)c(NS(=O)(=O)c2ccc(F)cc2C)c1. The van der Waals surface area contributed by atoms with Crippen LogP contribution >= 0.6 is 0 Å². The van der Waals surface area contributed by atoms with Gasteiger partial charge in [-0.05, 0) is 67.8 Å². The number of hydrogen-bond donors (Lipinski definition) is 1. The van der Waals surface area contributed by atoms with Crippen LogP contribution in [0.4, 0.5) is 10.1 Å². The number of rotatable bonds is 7. The van der Waals surface area contributed by atoms with Gasteiger partial charge in [-0.1, -0.05) is 13.8 Å². The number of benzene rings is 2. The predicted molar refractivity (Wildman–Crippen MR) is 108 cm³/mol. The van der Waals surface area contributed by atoms with E-state index in [4.69, 9.17) is 0 Å². The van der Waals surface area contributed by atoms with Crippen molar-refractivity contribution >= 4 is 25.7 Å². The van der Waals surface area contributed by atoms with E-state index in [-0.39, 0.29) is 21.0 Å². The van der Waals surface area contributed by atoms with E-state index in [1.54, 1.807) is 27.7 Å². The van der Waals surface area contributed by atoms with Gasteiger partial charge in [-0.3, -0.25) is 4.72 Å². The molecule has 0 spiro atoms. The first-order valence-electron chi connectivity index (χ1n) is 8.84. The molecule has 0 aromatic heterocycles. The second-order valence-electron chi connectivity index (χ2n) is 6.52. The number of anilines is 1. The molecule has 28 heavy (non-hydrogen) atoms. The molecule has 9 heteroatoms. The normalized spacial score (nSPS) is 12.4. The first-order chi connectivity index (χ1) is 12.9. The Kier molecular flexibility index (Phi) is 6.52. The minimum Gasteiger partial charge on any atom is -0.279 e. The molecular formula is C19H25FN2O4S2. The minimum atomic E-state index is -4.02. The molecule has 0 amide bonds. The zero-order chi connectivity index (χ0) is 21.3. The van der Waals surface area contributed by atoms with Crippen molar-refractivity contribution in [2.75, 3.05) is 17.8 Å². The fraction of sp³-hybridized carbons (Fsp3) is 0.368. The lowest BCUT2D eigenvalue weighted by atomic mass is 10.1. The molecule has 0 aliphatic carbocycles. The summed E-state index contributed by atoms with van der Waals surface area (Å²) in [5.74, 6) is -0.532. The van der Waals surface area contributed by atoms with E-state index < -0.39 is 25.9 Å². The minimum absolute atomic E-state index is 0.0211. The zero-order valence-corrected chi connectivity index (χ0v) is 18.2. The molecule has 6 nitrogen and oxygen atoms in total. The fourth-order valence-electron chi connectivity index (χ4n) is 2.91. The van der Waals surface area contributed by atoms with Crippen molar-refractivity contribution in [1.82, 2.24) is 4.31 Å². The standard InChI is InChI=1S/C19H25FN2O4S2/c1-6-22(7-2)28(25,26)17-11-13(3)15(5)18(12-17)21-27(23,24)19-9-8-16(20)10-14(19)4/h8-12,21H,6-7H2,1-5H3. The molecule has 0 heterocycles. The number of nitrogens with zero attached hydrogens (tertiary/aromatic N) is 1. The Labute approximate surface area is 166 Å². The van der Waals surface area contributed by atoms with E-state index >= 15 is 0 Å². The van der Waals surface area contributed by atoms with Crippen molar-refractivity contribution in [3.05, 3.63) is 52.8 Å². The third-order valence-electron chi connectivity index (χ3n) is 4.65. The molecule has 0 saturated heterocycles. The topological polar surface area (TPSA) is 83.6 Å². The van der Waals surface area contributed by atoms with Gasteiger partial charge in [-0.2, -0.15) is 4.31 Å². The molecule has 154 valence electrons. The van der Waals surface area contributed by atoms with Gasteiger partial charge in [0.05, 0.1) is 15.5 Å². The molecule has 0 atom stereocenters. The summed E-state index contributed by atoms with van der Waals surface area (Å²) < 4.78 is 68.4. The zero-order valence-electron chi connectivity index (χ0n) is 16.6. The summed E-state index contributed by atoms with van der Waals surface area (Å²) in [6.45, 7) is 9.02.